The van der Waals surface area contributed by atoms with Crippen molar-refractivity contribution in [3.63, 3.8) is 0 Å². The molecule has 4 heterocycles. The molecule has 0 aliphatic carbocycles. The second-order valence-electron chi connectivity index (χ2n) is 9.39. The Kier molecular flexibility index (Phi) is 8.60. The summed E-state index contributed by atoms with van der Waals surface area (Å²) in [6, 6.07) is 10.2. The third-order valence-electron chi connectivity index (χ3n) is 6.00. The molecule has 1 aromatic carbocycles. The highest BCUT2D eigenvalue weighted by atomic mass is 79.9. The van der Waals surface area contributed by atoms with E-state index in [0.29, 0.717) is 46.8 Å². The number of fused-ring (bicyclic) bond motifs is 1. The average Bonchev–Trinajstić information content (AvgIpc) is 3.39. The van der Waals surface area contributed by atoms with E-state index in [0.717, 1.165) is 22.2 Å². The monoisotopic (exact) mass is 672 g/mol. The van der Waals surface area contributed by atoms with Gasteiger partial charge in [0, 0.05) is 22.7 Å². The van der Waals surface area contributed by atoms with Crippen LogP contribution >= 0.6 is 50.8 Å². The van der Waals surface area contributed by atoms with E-state index in [1.54, 1.807) is 56.2 Å². The van der Waals surface area contributed by atoms with Crippen LogP contribution in [0.2, 0.25) is 0 Å². The molecule has 5 rings (SSSR count). The molecular formula is C28H25BrN4O5S3. The lowest BCUT2D eigenvalue weighted by Crippen LogP contribution is -2.40. The Morgan fingerprint density at radius 1 is 1.22 bits per heavy atom. The highest BCUT2D eigenvalue weighted by Gasteiger charge is 2.33. The normalized spacial score (nSPS) is 15.3. The highest BCUT2D eigenvalue weighted by Crippen LogP contribution is 2.35. The van der Waals surface area contributed by atoms with Crippen LogP contribution in [0.3, 0.4) is 0 Å². The Morgan fingerprint density at radius 2 is 1.95 bits per heavy atom. The van der Waals surface area contributed by atoms with Crippen LogP contribution in [0.15, 0.2) is 86.3 Å². The molecular weight excluding hydrogens is 648 g/mol. The Balaban J connectivity index is 1.60. The number of esters is 1. The predicted molar refractivity (Wildman–Crippen MR) is 163 cm³/mol. The van der Waals surface area contributed by atoms with Gasteiger partial charge in [-0.15, -0.1) is 11.8 Å². The maximum atomic E-state index is 13.9. The average molecular weight is 674 g/mol. The lowest BCUT2D eigenvalue weighted by molar-refractivity contribution is -0.143. The number of thioether (sulfide) groups is 1. The van der Waals surface area contributed by atoms with Gasteiger partial charge in [-0.05, 0) is 85.4 Å². The molecule has 41 heavy (non-hydrogen) atoms. The fourth-order valence-electron chi connectivity index (χ4n) is 4.29. The number of aromatic nitrogens is 3. The van der Waals surface area contributed by atoms with E-state index < -0.39 is 12.0 Å². The molecule has 1 atom stereocenters. The molecule has 212 valence electrons. The lowest BCUT2D eigenvalue weighted by Gasteiger charge is -2.25. The third kappa shape index (κ3) is 6.22. The van der Waals surface area contributed by atoms with Gasteiger partial charge in [0.15, 0.2) is 15.1 Å². The van der Waals surface area contributed by atoms with Crippen molar-refractivity contribution in [2.75, 3.05) is 6.26 Å². The molecule has 0 saturated heterocycles. The number of rotatable bonds is 7. The summed E-state index contributed by atoms with van der Waals surface area (Å²) in [6.07, 6.45) is 3.30. The van der Waals surface area contributed by atoms with Crippen LogP contribution in [-0.2, 0) is 9.53 Å². The Hall–Kier alpha value is -3.13. The van der Waals surface area contributed by atoms with Crippen LogP contribution < -0.4 is 20.5 Å². The van der Waals surface area contributed by atoms with E-state index in [-0.39, 0.29) is 17.2 Å². The van der Waals surface area contributed by atoms with E-state index in [4.69, 9.17) is 9.15 Å². The van der Waals surface area contributed by atoms with Gasteiger partial charge in [-0.25, -0.2) is 14.8 Å². The zero-order chi connectivity index (χ0) is 29.4. The number of ether oxygens (including phenoxy) is 1. The van der Waals surface area contributed by atoms with E-state index >= 15 is 0 Å². The first-order valence-corrected chi connectivity index (χ1v) is 16.1. The number of hydrogen-bond donors (Lipinski definition) is 1. The van der Waals surface area contributed by atoms with Crippen molar-refractivity contribution >= 4 is 62.8 Å². The molecule has 4 aromatic rings. The summed E-state index contributed by atoms with van der Waals surface area (Å²) in [7, 11) is 0. The Labute approximate surface area is 255 Å². The van der Waals surface area contributed by atoms with E-state index in [1.165, 1.54) is 17.4 Å². The van der Waals surface area contributed by atoms with Gasteiger partial charge in [0.2, 0.25) is 0 Å². The van der Waals surface area contributed by atoms with Gasteiger partial charge in [-0.3, -0.25) is 14.2 Å². The summed E-state index contributed by atoms with van der Waals surface area (Å²) in [4.78, 5) is 52.1. The van der Waals surface area contributed by atoms with Crippen molar-refractivity contribution in [2.24, 2.45) is 4.99 Å². The second-order valence-corrected chi connectivity index (χ2v) is 13.1. The third-order valence-corrected chi connectivity index (χ3v) is 9.45. The summed E-state index contributed by atoms with van der Waals surface area (Å²) in [5.74, 6) is -0.0791. The second kappa shape index (κ2) is 12.0. The summed E-state index contributed by atoms with van der Waals surface area (Å²) < 4.78 is 14.1. The molecule has 1 N–H and O–H groups in total. The molecule has 0 fully saturated rings. The molecule has 0 radical (unpaired) electrons. The van der Waals surface area contributed by atoms with E-state index in [2.05, 4.69) is 30.9 Å². The zero-order valence-corrected chi connectivity index (χ0v) is 26.7. The summed E-state index contributed by atoms with van der Waals surface area (Å²) in [5.41, 5.74) is 1.63. The number of benzene rings is 1. The molecule has 0 unspecified atom stereocenters. The van der Waals surface area contributed by atoms with Crippen molar-refractivity contribution in [1.82, 2.24) is 14.5 Å². The first-order chi connectivity index (χ1) is 19.5. The number of halogens is 1. The van der Waals surface area contributed by atoms with Crippen LogP contribution in [0, 0.1) is 6.92 Å². The molecule has 1 aliphatic heterocycles. The van der Waals surface area contributed by atoms with Gasteiger partial charge >= 0.3 is 5.97 Å². The van der Waals surface area contributed by atoms with Gasteiger partial charge in [-0.1, -0.05) is 23.5 Å². The fourth-order valence-corrected chi connectivity index (χ4v) is 7.08. The SMILES string of the molecule is CSc1ccc([C@H]2C(C(=O)OC(C)C)=C(C)N=c3s/c(=C\c4cc(Br)c(Sc5nc(C)cc(=O)[nH]5)o4)c(=O)n32)cc1. The largest absolute Gasteiger partial charge is 0.459 e. The molecule has 0 spiro atoms. The number of hydrogen-bond acceptors (Lipinski definition) is 10. The number of carbonyl (C=O) groups excluding carboxylic acids is 1. The lowest BCUT2D eigenvalue weighted by atomic mass is 9.96. The number of aryl methyl sites for hydroxylation is 1. The number of nitrogens with one attached hydrogen (secondary N) is 1. The molecule has 9 nitrogen and oxygen atoms in total. The Bertz CT molecular complexity index is 1920. The number of H-pyrrole nitrogens is 1. The molecule has 13 heteroatoms. The predicted octanol–water partition coefficient (Wildman–Crippen LogP) is 4.81. The first-order valence-electron chi connectivity index (χ1n) is 12.5. The van der Waals surface area contributed by atoms with Crippen LogP contribution in [0.1, 0.15) is 43.8 Å². The van der Waals surface area contributed by atoms with Gasteiger partial charge in [-0.2, -0.15) is 0 Å². The molecule has 0 bridgehead atoms. The number of carbonyl (C=O) groups is 1. The molecule has 1 aliphatic rings. The van der Waals surface area contributed by atoms with Gasteiger partial charge < -0.3 is 14.1 Å². The van der Waals surface area contributed by atoms with E-state index in [1.807, 2.05) is 30.5 Å². The minimum absolute atomic E-state index is 0.256. The topological polar surface area (TPSA) is 120 Å². The van der Waals surface area contributed by atoms with Crippen molar-refractivity contribution in [3.05, 3.63) is 99.2 Å². The van der Waals surface area contributed by atoms with Crippen LogP contribution in [0.5, 0.6) is 0 Å². The summed E-state index contributed by atoms with van der Waals surface area (Å²) in [6.45, 7) is 7.06. The van der Waals surface area contributed by atoms with Crippen LogP contribution in [-0.4, -0.2) is 32.9 Å². The van der Waals surface area contributed by atoms with Gasteiger partial charge in [0.1, 0.15) is 5.76 Å². The number of furan rings is 1. The number of nitrogens with zero attached hydrogens (tertiary/aromatic N) is 3. The number of aromatic amines is 1. The highest BCUT2D eigenvalue weighted by molar-refractivity contribution is 9.10. The minimum atomic E-state index is -0.700. The first kappa shape index (κ1) is 29.4. The van der Waals surface area contributed by atoms with Crippen LogP contribution in [0.25, 0.3) is 6.08 Å². The number of allylic oxidation sites excluding steroid dienone is 1. The molecule has 0 amide bonds. The standard InChI is InChI=1S/C28H25BrN4O5S3/c1-13(2)37-25(36)22-15(4)31-28-33(23(22)16-6-8-18(39-5)9-7-16)24(35)20(40-28)12-17-11-19(29)26(38-17)41-27-30-14(3)10-21(34)32-27/h6-13,23H,1-5H3,(H,30,32,34)/b20-12-/t23-/m0/s1. The Morgan fingerprint density at radius 3 is 2.61 bits per heavy atom. The molecule has 3 aromatic heterocycles. The minimum Gasteiger partial charge on any atom is -0.459 e. The molecule has 0 saturated carbocycles. The number of thiazole rings is 1. The smallest absolute Gasteiger partial charge is 0.338 e. The van der Waals surface area contributed by atoms with E-state index in [9.17, 15) is 14.4 Å². The summed E-state index contributed by atoms with van der Waals surface area (Å²) >= 11 is 7.47. The van der Waals surface area contributed by atoms with Crippen molar-refractivity contribution in [3.8, 4) is 0 Å². The maximum Gasteiger partial charge on any atom is 0.338 e. The maximum absolute atomic E-state index is 13.9. The zero-order valence-electron chi connectivity index (χ0n) is 22.7. The van der Waals surface area contributed by atoms with Crippen molar-refractivity contribution in [2.45, 2.75) is 55.0 Å². The van der Waals surface area contributed by atoms with Crippen molar-refractivity contribution < 1.29 is 13.9 Å². The summed E-state index contributed by atoms with van der Waals surface area (Å²) in [5, 5.41) is 0.860. The van der Waals surface area contributed by atoms with Crippen LogP contribution in [0.4, 0.5) is 0 Å². The van der Waals surface area contributed by atoms with Gasteiger partial charge in [0.05, 0.1) is 32.4 Å². The quantitative estimate of drug-likeness (QED) is 0.169. The van der Waals surface area contributed by atoms with Gasteiger partial charge in [0.25, 0.3) is 11.1 Å². The fraction of sp³-hybridized carbons (Fsp3) is 0.250. The van der Waals surface area contributed by atoms with Crippen molar-refractivity contribution in [1.29, 1.82) is 0 Å².